The lowest BCUT2D eigenvalue weighted by Gasteiger charge is -2.45. The highest BCUT2D eigenvalue weighted by molar-refractivity contribution is 6.73. The Kier molecular flexibility index (Phi) is 8.68. The molecule has 3 saturated carbocycles. The van der Waals surface area contributed by atoms with E-state index >= 15 is 0 Å². The van der Waals surface area contributed by atoms with Crippen molar-refractivity contribution in [3.05, 3.63) is 0 Å². The maximum absolute atomic E-state index is 13.1. The summed E-state index contributed by atoms with van der Waals surface area (Å²) in [5.74, 6) is 0.657. The average Bonchev–Trinajstić information content (AvgIpc) is 3.16. The molecule has 184 valence electrons. The van der Waals surface area contributed by atoms with Crippen molar-refractivity contribution >= 4 is 20.1 Å². The predicted molar refractivity (Wildman–Crippen MR) is 132 cm³/mol. The molecule has 4 nitrogen and oxygen atoms in total. The second-order valence-corrected chi connectivity index (χ2v) is 16.0. The third-order valence-corrected chi connectivity index (χ3v) is 14.6. The first kappa shape index (κ1) is 25.9. The number of Topliss-reactive ketones (excluding diaryl/α,β-unsaturated/α-hetero) is 1. The smallest absolute Gasteiger partial charge is 0.308 e. The average molecular weight is 465 g/mol. The minimum absolute atomic E-state index is 0.0178. The summed E-state index contributed by atoms with van der Waals surface area (Å²) in [7, 11) is -1.71. The topological polar surface area (TPSA) is 52.6 Å². The highest BCUT2D eigenvalue weighted by atomic mass is 28.4. The van der Waals surface area contributed by atoms with Crippen LogP contribution in [0.3, 0.4) is 0 Å². The van der Waals surface area contributed by atoms with Crippen LogP contribution in [0.25, 0.3) is 0 Å². The van der Waals surface area contributed by atoms with Gasteiger partial charge >= 0.3 is 5.97 Å². The number of ether oxygens (including phenoxy) is 1. The van der Waals surface area contributed by atoms with Gasteiger partial charge < -0.3 is 9.16 Å². The Morgan fingerprint density at radius 3 is 2.31 bits per heavy atom. The van der Waals surface area contributed by atoms with E-state index in [0.717, 1.165) is 51.4 Å². The zero-order valence-corrected chi connectivity index (χ0v) is 22.5. The quantitative estimate of drug-likeness (QED) is 0.256. The Bertz CT molecular complexity index is 644. The number of fused-ring (bicyclic) bond motifs is 1. The van der Waals surface area contributed by atoms with E-state index in [1.54, 1.807) is 0 Å². The highest BCUT2D eigenvalue weighted by Gasteiger charge is 2.53. The van der Waals surface area contributed by atoms with Crippen LogP contribution in [-0.4, -0.2) is 32.3 Å². The predicted octanol–water partition coefficient (Wildman–Crippen LogP) is 7.07. The fourth-order valence-corrected chi connectivity index (χ4v) is 10.6. The number of hydrogen-bond acceptors (Lipinski definition) is 4. The van der Waals surface area contributed by atoms with Crippen LogP contribution < -0.4 is 0 Å². The summed E-state index contributed by atoms with van der Waals surface area (Å²) in [6.45, 7) is 11.6. The van der Waals surface area contributed by atoms with E-state index in [1.807, 2.05) is 6.92 Å². The van der Waals surface area contributed by atoms with Crippen molar-refractivity contribution in [1.29, 1.82) is 0 Å². The molecule has 0 radical (unpaired) electrons. The van der Waals surface area contributed by atoms with Crippen molar-refractivity contribution in [2.24, 2.45) is 23.2 Å². The van der Waals surface area contributed by atoms with Gasteiger partial charge in [0.15, 0.2) is 8.32 Å². The second-order valence-electron chi connectivity index (χ2n) is 11.4. The fraction of sp³-hybridized carbons (Fsp3) is 0.926. The molecule has 0 aliphatic heterocycles. The summed E-state index contributed by atoms with van der Waals surface area (Å²) in [4.78, 5) is 25.6. The molecule has 3 rings (SSSR count). The van der Waals surface area contributed by atoms with Crippen molar-refractivity contribution < 1.29 is 18.8 Å². The third kappa shape index (κ3) is 5.19. The Morgan fingerprint density at radius 2 is 1.69 bits per heavy atom. The van der Waals surface area contributed by atoms with Crippen LogP contribution >= 0.6 is 0 Å². The summed E-state index contributed by atoms with van der Waals surface area (Å²) in [5, 5.41) is 0. The molecule has 4 atom stereocenters. The lowest BCUT2D eigenvalue weighted by molar-refractivity contribution is -0.154. The van der Waals surface area contributed by atoms with E-state index in [1.165, 1.54) is 37.4 Å². The van der Waals surface area contributed by atoms with Crippen molar-refractivity contribution in [3.8, 4) is 0 Å². The highest BCUT2D eigenvalue weighted by Crippen LogP contribution is 2.56. The molecule has 0 heterocycles. The molecule has 0 N–H and O–H groups in total. The zero-order chi connectivity index (χ0) is 23.4. The minimum atomic E-state index is -1.71. The minimum Gasteiger partial charge on any atom is -0.465 e. The first-order valence-corrected chi connectivity index (χ1v) is 16.2. The molecule has 0 spiro atoms. The van der Waals surface area contributed by atoms with Gasteiger partial charge in [-0.15, -0.1) is 0 Å². The van der Waals surface area contributed by atoms with E-state index in [4.69, 9.17) is 9.16 Å². The molecule has 32 heavy (non-hydrogen) atoms. The van der Waals surface area contributed by atoms with Crippen molar-refractivity contribution in [1.82, 2.24) is 0 Å². The molecule has 0 aromatic rings. The van der Waals surface area contributed by atoms with E-state index in [2.05, 4.69) is 27.7 Å². The van der Waals surface area contributed by atoms with Crippen LogP contribution in [0.2, 0.25) is 18.1 Å². The molecular weight excluding hydrogens is 416 g/mol. The van der Waals surface area contributed by atoms with Crippen molar-refractivity contribution in [3.63, 3.8) is 0 Å². The van der Waals surface area contributed by atoms with Crippen molar-refractivity contribution in [2.45, 2.75) is 129 Å². The van der Waals surface area contributed by atoms with Gasteiger partial charge in [-0.25, -0.2) is 0 Å². The van der Waals surface area contributed by atoms with Crippen molar-refractivity contribution in [2.75, 3.05) is 6.61 Å². The standard InChI is InChI=1S/C27H48O4Si/c1-6-32(7-2,8-3)31-27(17-10-9-11-18-27)19-20-30-25(29)21(4)22-14-15-23-24(28)13-12-16-26(22,23)5/h21-23H,6-20H2,1-5H3/t21-,22+,23-,26+/m0/s1. The Balaban J connectivity index is 1.60. The molecule has 0 aromatic heterocycles. The van der Waals surface area contributed by atoms with Gasteiger partial charge in [0.25, 0.3) is 0 Å². The molecule has 0 bridgehead atoms. The van der Waals surface area contributed by atoms with Crippen LogP contribution in [0.4, 0.5) is 0 Å². The summed E-state index contributed by atoms with van der Waals surface area (Å²) in [5.41, 5.74) is -0.105. The zero-order valence-electron chi connectivity index (χ0n) is 21.5. The van der Waals surface area contributed by atoms with E-state index < -0.39 is 8.32 Å². The lowest BCUT2D eigenvalue weighted by Crippen LogP contribution is -2.49. The van der Waals surface area contributed by atoms with Gasteiger partial charge in [-0.1, -0.05) is 53.9 Å². The Hall–Kier alpha value is -0.683. The Labute approximate surface area is 197 Å². The van der Waals surface area contributed by atoms with Gasteiger partial charge in [-0.05, 0) is 68.0 Å². The second kappa shape index (κ2) is 10.7. The van der Waals surface area contributed by atoms with Gasteiger partial charge in [-0.3, -0.25) is 9.59 Å². The van der Waals surface area contributed by atoms with Crippen LogP contribution in [0, 0.1) is 23.2 Å². The third-order valence-electron chi connectivity index (χ3n) is 9.84. The summed E-state index contributed by atoms with van der Waals surface area (Å²) >= 11 is 0. The maximum atomic E-state index is 13.1. The van der Waals surface area contributed by atoms with Gasteiger partial charge in [0.1, 0.15) is 5.78 Å². The van der Waals surface area contributed by atoms with E-state index in [9.17, 15) is 9.59 Å². The van der Waals surface area contributed by atoms with E-state index in [0.29, 0.717) is 12.4 Å². The number of carbonyl (C=O) groups excluding carboxylic acids is 2. The number of rotatable bonds is 10. The Morgan fingerprint density at radius 1 is 1.03 bits per heavy atom. The van der Waals surface area contributed by atoms with Crippen LogP contribution in [0.5, 0.6) is 0 Å². The first-order chi connectivity index (χ1) is 15.2. The summed E-state index contributed by atoms with van der Waals surface area (Å²) < 4.78 is 13.0. The molecule has 0 saturated heterocycles. The molecule has 3 aliphatic rings. The van der Waals surface area contributed by atoms with Crippen LogP contribution in [0.1, 0.15) is 105 Å². The molecule has 0 amide bonds. The largest absolute Gasteiger partial charge is 0.465 e. The SMILES string of the molecule is CC[Si](CC)(CC)OC1(CCOC(=O)[C@@H](C)[C@H]2CC[C@H]3C(=O)CCC[C@]23C)CCCCC1. The molecule has 3 fully saturated rings. The first-order valence-electron chi connectivity index (χ1n) is 13.6. The number of ketones is 1. The van der Waals surface area contributed by atoms with Gasteiger partial charge in [0, 0.05) is 18.8 Å². The van der Waals surface area contributed by atoms with Gasteiger partial charge in [0.2, 0.25) is 0 Å². The number of esters is 1. The molecular formula is C27H48O4Si. The summed E-state index contributed by atoms with van der Waals surface area (Å²) in [6.07, 6.45) is 11.5. The molecule has 5 heteroatoms. The van der Waals surface area contributed by atoms with Crippen LogP contribution in [-0.2, 0) is 18.8 Å². The number of carbonyl (C=O) groups is 2. The maximum Gasteiger partial charge on any atom is 0.308 e. The fourth-order valence-electron chi connectivity index (χ4n) is 7.45. The summed E-state index contributed by atoms with van der Waals surface area (Å²) in [6, 6.07) is 3.50. The monoisotopic (exact) mass is 464 g/mol. The van der Waals surface area contributed by atoms with E-state index in [-0.39, 0.29) is 34.7 Å². The van der Waals surface area contributed by atoms with Gasteiger partial charge in [0.05, 0.1) is 18.1 Å². The number of hydrogen-bond donors (Lipinski definition) is 0. The molecule has 0 unspecified atom stereocenters. The molecule has 0 aromatic carbocycles. The van der Waals surface area contributed by atoms with Crippen LogP contribution in [0.15, 0.2) is 0 Å². The normalized spacial score (nSPS) is 31.2. The van der Waals surface area contributed by atoms with Gasteiger partial charge in [-0.2, -0.15) is 0 Å². The molecule has 3 aliphatic carbocycles. The lowest BCUT2D eigenvalue weighted by atomic mass is 9.62.